The summed E-state index contributed by atoms with van der Waals surface area (Å²) < 4.78 is 0.989. The Morgan fingerprint density at radius 1 is 1.30 bits per heavy atom. The second kappa shape index (κ2) is 8.03. The van der Waals surface area contributed by atoms with Gasteiger partial charge in [0, 0.05) is 27.1 Å². The fourth-order valence-electron chi connectivity index (χ4n) is 1.72. The lowest BCUT2D eigenvalue weighted by Crippen LogP contribution is -2.14. The summed E-state index contributed by atoms with van der Waals surface area (Å²) in [4.78, 5) is 5.58. The number of nitrogens with zero attached hydrogens (tertiary/aromatic N) is 1. The predicted molar refractivity (Wildman–Crippen MR) is 89.5 cm³/mol. The molecule has 0 amide bonds. The van der Waals surface area contributed by atoms with Crippen molar-refractivity contribution in [3.8, 4) is 0 Å². The van der Waals surface area contributed by atoms with Crippen molar-refractivity contribution in [2.45, 2.75) is 29.8 Å². The molecule has 1 aromatic carbocycles. The Balaban J connectivity index is 2.15. The average molecular weight is 372 g/mol. The monoisotopic (exact) mass is 370 g/mol. The van der Waals surface area contributed by atoms with Gasteiger partial charge in [-0.05, 0) is 64.8 Å². The van der Waals surface area contributed by atoms with Crippen LogP contribution < -0.4 is 5.32 Å². The lowest BCUT2D eigenvalue weighted by atomic mass is 10.2. The molecule has 0 saturated heterocycles. The van der Waals surface area contributed by atoms with Gasteiger partial charge in [0.05, 0.1) is 0 Å². The predicted octanol–water partition coefficient (Wildman–Crippen LogP) is 5.15. The Morgan fingerprint density at radius 2 is 2.15 bits per heavy atom. The minimum atomic E-state index is 0.770. The van der Waals surface area contributed by atoms with Gasteiger partial charge in [0.25, 0.3) is 0 Å². The average Bonchev–Trinajstić information content (AvgIpc) is 2.44. The van der Waals surface area contributed by atoms with Gasteiger partial charge in [-0.1, -0.05) is 30.3 Å². The molecule has 0 saturated carbocycles. The molecular formula is C15H16BrClN2S. The molecule has 0 radical (unpaired) electrons. The standard InChI is InChI=1S/C15H16BrClN2S/c1-2-7-18-9-11-8-13(17)4-5-14(11)20-15-6-3-12(16)10-19-15/h3-6,8,10,18H,2,7,9H2,1H3. The van der Waals surface area contributed by atoms with Gasteiger partial charge in [0.15, 0.2) is 0 Å². The van der Waals surface area contributed by atoms with Crippen LogP contribution in [-0.4, -0.2) is 11.5 Å². The number of halogens is 2. The lowest BCUT2D eigenvalue weighted by molar-refractivity contribution is 0.669. The molecule has 1 N–H and O–H groups in total. The van der Waals surface area contributed by atoms with Crippen molar-refractivity contribution in [2.24, 2.45) is 0 Å². The van der Waals surface area contributed by atoms with E-state index in [4.69, 9.17) is 11.6 Å². The van der Waals surface area contributed by atoms with Crippen molar-refractivity contribution < 1.29 is 0 Å². The first-order valence-electron chi connectivity index (χ1n) is 6.47. The molecule has 20 heavy (non-hydrogen) atoms. The topological polar surface area (TPSA) is 24.9 Å². The fourth-order valence-corrected chi connectivity index (χ4v) is 3.02. The van der Waals surface area contributed by atoms with Gasteiger partial charge in [0.1, 0.15) is 5.03 Å². The van der Waals surface area contributed by atoms with E-state index in [1.54, 1.807) is 11.8 Å². The van der Waals surface area contributed by atoms with Gasteiger partial charge in [0.2, 0.25) is 0 Å². The largest absolute Gasteiger partial charge is 0.313 e. The molecule has 106 valence electrons. The molecule has 0 atom stereocenters. The van der Waals surface area contributed by atoms with E-state index in [-0.39, 0.29) is 0 Å². The van der Waals surface area contributed by atoms with E-state index < -0.39 is 0 Å². The number of hydrogen-bond acceptors (Lipinski definition) is 3. The van der Waals surface area contributed by atoms with E-state index >= 15 is 0 Å². The lowest BCUT2D eigenvalue weighted by Gasteiger charge is -2.10. The van der Waals surface area contributed by atoms with E-state index in [9.17, 15) is 0 Å². The van der Waals surface area contributed by atoms with E-state index in [0.717, 1.165) is 34.0 Å². The number of aromatic nitrogens is 1. The molecule has 1 aromatic heterocycles. The summed E-state index contributed by atoms with van der Waals surface area (Å²) in [5.41, 5.74) is 1.21. The molecule has 2 aromatic rings. The van der Waals surface area contributed by atoms with Crippen LogP contribution in [0.1, 0.15) is 18.9 Å². The zero-order chi connectivity index (χ0) is 14.4. The van der Waals surface area contributed by atoms with Gasteiger partial charge < -0.3 is 5.32 Å². The van der Waals surface area contributed by atoms with Crippen molar-refractivity contribution in [3.05, 3.63) is 51.6 Å². The highest BCUT2D eigenvalue weighted by Crippen LogP contribution is 2.31. The smallest absolute Gasteiger partial charge is 0.101 e. The van der Waals surface area contributed by atoms with E-state index in [1.807, 2.05) is 30.5 Å². The van der Waals surface area contributed by atoms with Gasteiger partial charge in [-0.2, -0.15) is 0 Å². The summed E-state index contributed by atoms with van der Waals surface area (Å²) in [5.74, 6) is 0. The SMILES string of the molecule is CCCNCc1cc(Cl)ccc1Sc1ccc(Br)cn1. The van der Waals surface area contributed by atoms with Crippen molar-refractivity contribution in [1.29, 1.82) is 0 Å². The highest BCUT2D eigenvalue weighted by molar-refractivity contribution is 9.10. The minimum Gasteiger partial charge on any atom is -0.313 e. The first-order valence-corrected chi connectivity index (χ1v) is 8.46. The second-order valence-corrected chi connectivity index (χ2v) is 6.76. The molecule has 0 unspecified atom stereocenters. The number of benzene rings is 1. The van der Waals surface area contributed by atoms with Crippen LogP contribution in [0.5, 0.6) is 0 Å². The third-order valence-corrected chi connectivity index (χ3v) is 4.45. The molecule has 0 bridgehead atoms. The van der Waals surface area contributed by atoms with E-state index in [0.29, 0.717) is 0 Å². The Bertz CT molecular complexity index is 560. The number of pyridine rings is 1. The van der Waals surface area contributed by atoms with Crippen LogP contribution in [0.2, 0.25) is 5.02 Å². The Labute approximate surface area is 137 Å². The van der Waals surface area contributed by atoms with Crippen molar-refractivity contribution in [3.63, 3.8) is 0 Å². The first-order chi connectivity index (χ1) is 9.69. The van der Waals surface area contributed by atoms with Crippen molar-refractivity contribution in [2.75, 3.05) is 6.54 Å². The third kappa shape index (κ3) is 4.77. The molecule has 2 nitrogen and oxygen atoms in total. The maximum absolute atomic E-state index is 6.09. The highest BCUT2D eigenvalue weighted by atomic mass is 79.9. The quantitative estimate of drug-likeness (QED) is 0.711. The zero-order valence-corrected chi connectivity index (χ0v) is 14.4. The fraction of sp³-hybridized carbons (Fsp3) is 0.267. The Hall–Kier alpha value is -0.550. The molecular weight excluding hydrogens is 356 g/mol. The van der Waals surface area contributed by atoms with Crippen molar-refractivity contribution in [1.82, 2.24) is 10.3 Å². The number of nitrogens with one attached hydrogen (secondary N) is 1. The van der Waals surface area contributed by atoms with Crippen molar-refractivity contribution >= 4 is 39.3 Å². The molecule has 0 aliphatic rings. The van der Waals surface area contributed by atoms with Crippen LogP contribution in [0.15, 0.2) is 50.9 Å². The molecule has 0 fully saturated rings. The molecule has 0 spiro atoms. The number of rotatable bonds is 6. The van der Waals surface area contributed by atoms with Crippen LogP contribution in [0.25, 0.3) is 0 Å². The van der Waals surface area contributed by atoms with Gasteiger partial charge in [-0.3, -0.25) is 0 Å². The van der Waals surface area contributed by atoms with Gasteiger partial charge in [-0.15, -0.1) is 0 Å². The summed E-state index contributed by atoms with van der Waals surface area (Å²) in [5, 5.41) is 5.16. The van der Waals surface area contributed by atoms with E-state index in [1.165, 1.54) is 10.5 Å². The van der Waals surface area contributed by atoms with Gasteiger partial charge >= 0.3 is 0 Å². The molecule has 0 aliphatic carbocycles. The maximum atomic E-state index is 6.09. The van der Waals surface area contributed by atoms with Crippen LogP contribution in [0.4, 0.5) is 0 Å². The summed E-state index contributed by atoms with van der Waals surface area (Å²) >= 11 is 11.2. The summed E-state index contributed by atoms with van der Waals surface area (Å²) in [6.45, 7) is 3.99. The van der Waals surface area contributed by atoms with Crippen LogP contribution in [0.3, 0.4) is 0 Å². The first kappa shape index (κ1) is 15.8. The van der Waals surface area contributed by atoms with E-state index in [2.05, 4.69) is 39.2 Å². The molecule has 2 rings (SSSR count). The van der Waals surface area contributed by atoms with Gasteiger partial charge in [-0.25, -0.2) is 4.98 Å². The minimum absolute atomic E-state index is 0.770. The Kier molecular flexibility index (Phi) is 6.36. The number of hydrogen-bond donors (Lipinski definition) is 1. The normalized spacial score (nSPS) is 10.8. The summed E-state index contributed by atoms with van der Waals surface area (Å²) in [7, 11) is 0. The molecule has 0 aliphatic heterocycles. The summed E-state index contributed by atoms with van der Waals surface area (Å²) in [6.07, 6.45) is 2.94. The maximum Gasteiger partial charge on any atom is 0.101 e. The Morgan fingerprint density at radius 3 is 2.85 bits per heavy atom. The van der Waals surface area contributed by atoms with Crippen LogP contribution >= 0.6 is 39.3 Å². The highest BCUT2D eigenvalue weighted by Gasteiger charge is 2.06. The zero-order valence-electron chi connectivity index (χ0n) is 11.2. The summed E-state index contributed by atoms with van der Waals surface area (Å²) in [6, 6.07) is 10.0. The molecule has 5 heteroatoms. The third-order valence-electron chi connectivity index (χ3n) is 2.68. The van der Waals surface area contributed by atoms with Crippen LogP contribution in [0, 0.1) is 0 Å². The van der Waals surface area contributed by atoms with Crippen LogP contribution in [-0.2, 0) is 6.54 Å². The second-order valence-electron chi connectivity index (χ2n) is 4.35. The molecule has 1 heterocycles.